The third kappa shape index (κ3) is 0.586. The van der Waals surface area contributed by atoms with Crippen LogP contribution in [0, 0.1) is 23.7 Å². The molecule has 0 aliphatic heterocycles. The van der Waals surface area contributed by atoms with E-state index in [2.05, 4.69) is 13.8 Å². The van der Waals surface area contributed by atoms with Crippen LogP contribution in [0.2, 0.25) is 0 Å². The van der Waals surface area contributed by atoms with Gasteiger partial charge in [-0.05, 0) is 36.5 Å². The van der Waals surface area contributed by atoms with Crippen LogP contribution in [-0.2, 0) is 0 Å². The van der Waals surface area contributed by atoms with E-state index in [4.69, 9.17) is 0 Å². The maximum absolute atomic E-state index is 2.38. The molecule has 0 saturated heterocycles. The third-order valence-electron chi connectivity index (χ3n) is 2.89. The molecule has 0 heteroatoms. The molecule has 4 atom stereocenters. The summed E-state index contributed by atoms with van der Waals surface area (Å²) in [6.45, 7) is 4.77. The van der Waals surface area contributed by atoms with Gasteiger partial charge in [0.05, 0.1) is 0 Å². The summed E-state index contributed by atoms with van der Waals surface area (Å²) in [5, 5.41) is 0. The van der Waals surface area contributed by atoms with Gasteiger partial charge in [-0.1, -0.05) is 13.8 Å². The lowest BCUT2D eigenvalue weighted by Crippen LogP contribution is -1.81. The Hall–Kier alpha value is 0. The molecule has 46 valence electrons. The normalized spacial score (nSPS) is 60.8. The molecule has 4 unspecified atom stereocenters. The minimum atomic E-state index is 1.09. The molecule has 0 aromatic rings. The fourth-order valence-electron chi connectivity index (χ4n) is 1.90. The zero-order valence-corrected chi connectivity index (χ0v) is 5.72. The van der Waals surface area contributed by atoms with Crippen LogP contribution in [0.15, 0.2) is 0 Å². The first kappa shape index (κ1) is 4.84. The van der Waals surface area contributed by atoms with Crippen molar-refractivity contribution in [1.82, 2.24) is 0 Å². The van der Waals surface area contributed by atoms with E-state index in [0.717, 1.165) is 23.7 Å². The van der Waals surface area contributed by atoms with Gasteiger partial charge in [0.15, 0.2) is 0 Å². The van der Waals surface area contributed by atoms with Gasteiger partial charge in [-0.3, -0.25) is 0 Å². The minimum absolute atomic E-state index is 1.09. The molecule has 2 aliphatic carbocycles. The summed E-state index contributed by atoms with van der Waals surface area (Å²) in [4.78, 5) is 0. The van der Waals surface area contributed by atoms with Gasteiger partial charge in [0.1, 0.15) is 0 Å². The van der Waals surface area contributed by atoms with Crippen LogP contribution in [0.1, 0.15) is 26.7 Å². The predicted octanol–water partition coefficient (Wildman–Crippen LogP) is 2.30. The highest BCUT2D eigenvalue weighted by molar-refractivity contribution is 4.98. The summed E-state index contributed by atoms with van der Waals surface area (Å²) in [7, 11) is 0. The average molecular weight is 110 g/mol. The number of hydrogen-bond donors (Lipinski definition) is 0. The molecular formula is C8H14. The Balaban J connectivity index is 1.86. The highest BCUT2D eigenvalue weighted by Crippen LogP contribution is 2.57. The molecule has 0 spiro atoms. The first-order valence-electron chi connectivity index (χ1n) is 3.79. The van der Waals surface area contributed by atoms with Gasteiger partial charge < -0.3 is 0 Å². The van der Waals surface area contributed by atoms with Gasteiger partial charge in [0.2, 0.25) is 0 Å². The van der Waals surface area contributed by atoms with Crippen molar-refractivity contribution < 1.29 is 0 Å². The van der Waals surface area contributed by atoms with E-state index >= 15 is 0 Å². The maximum atomic E-state index is 2.38. The van der Waals surface area contributed by atoms with Crippen molar-refractivity contribution in [3.8, 4) is 0 Å². The van der Waals surface area contributed by atoms with E-state index in [1.807, 2.05) is 0 Å². The lowest BCUT2D eigenvalue weighted by molar-refractivity contribution is 0.614. The Bertz CT molecular complexity index is 92.6. The van der Waals surface area contributed by atoms with Crippen molar-refractivity contribution in [2.75, 3.05) is 0 Å². The van der Waals surface area contributed by atoms with Crippen LogP contribution in [0.5, 0.6) is 0 Å². The second-order valence-corrected chi connectivity index (χ2v) is 3.75. The Kier molecular flexibility index (Phi) is 0.778. The zero-order chi connectivity index (χ0) is 5.72. The van der Waals surface area contributed by atoms with Crippen molar-refractivity contribution in [1.29, 1.82) is 0 Å². The maximum Gasteiger partial charge on any atom is -0.0355 e. The summed E-state index contributed by atoms with van der Waals surface area (Å²) >= 11 is 0. The average Bonchev–Trinajstić information content (AvgIpc) is 2.47. The van der Waals surface area contributed by atoms with Crippen LogP contribution in [0.4, 0.5) is 0 Å². The van der Waals surface area contributed by atoms with Gasteiger partial charge in [-0.15, -0.1) is 0 Å². The molecule has 2 fully saturated rings. The molecule has 0 heterocycles. The van der Waals surface area contributed by atoms with Gasteiger partial charge in [-0.2, -0.15) is 0 Å². The first-order chi connectivity index (χ1) is 3.79. The molecule has 0 radical (unpaired) electrons. The molecule has 0 nitrogen and oxygen atoms in total. The Morgan fingerprint density at radius 3 is 1.25 bits per heavy atom. The van der Waals surface area contributed by atoms with Crippen LogP contribution in [-0.4, -0.2) is 0 Å². The van der Waals surface area contributed by atoms with Gasteiger partial charge >= 0.3 is 0 Å². The molecule has 8 heavy (non-hydrogen) atoms. The summed E-state index contributed by atoms with van der Waals surface area (Å²) in [6.07, 6.45) is 3.07. The Morgan fingerprint density at radius 2 is 1.12 bits per heavy atom. The summed E-state index contributed by atoms with van der Waals surface area (Å²) in [5.41, 5.74) is 0. The van der Waals surface area contributed by atoms with Crippen LogP contribution < -0.4 is 0 Å². The van der Waals surface area contributed by atoms with E-state index in [9.17, 15) is 0 Å². The second kappa shape index (κ2) is 1.29. The zero-order valence-electron chi connectivity index (χ0n) is 5.72. The molecule has 2 saturated carbocycles. The largest absolute Gasteiger partial charge is 0.0622 e. The fourth-order valence-corrected chi connectivity index (χ4v) is 1.90. The molecule has 0 aromatic heterocycles. The van der Waals surface area contributed by atoms with Crippen molar-refractivity contribution in [2.45, 2.75) is 26.7 Å². The smallest absolute Gasteiger partial charge is 0.0355 e. The quantitative estimate of drug-likeness (QED) is 0.486. The summed E-state index contributed by atoms with van der Waals surface area (Å²) in [5.74, 6) is 4.49. The van der Waals surface area contributed by atoms with Crippen molar-refractivity contribution >= 4 is 0 Å². The van der Waals surface area contributed by atoms with Crippen LogP contribution in [0.3, 0.4) is 0 Å². The van der Waals surface area contributed by atoms with Crippen LogP contribution >= 0.6 is 0 Å². The molecule has 0 bridgehead atoms. The fraction of sp³-hybridized carbons (Fsp3) is 1.00. The van der Waals surface area contributed by atoms with E-state index in [1.165, 1.54) is 12.8 Å². The van der Waals surface area contributed by atoms with Crippen molar-refractivity contribution in [3.63, 3.8) is 0 Å². The van der Waals surface area contributed by atoms with Crippen molar-refractivity contribution in [2.24, 2.45) is 23.7 Å². The lowest BCUT2D eigenvalue weighted by Gasteiger charge is -1.87. The molecular weight excluding hydrogens is 96.1 g/mol. The summed E-state index contributed by atoms with van der Waals surface area (Å²) < 4.78 is 0. The Morgan fingerprint density at radius 1 is 0.875 bits per heavy atom. The minimum Gasteiger partial charge on any atom is -0.0622 e. The first-order valence-corrected chi connectivity index (χ1v) is 3.79. The highest BCUT2D eigenvalue weighted by atomic mass is 14.5. The second-order valence-electron chi connectivity index (χ2n) is 3.75. The van der Waals surface area contributed by atoms with Gasteiger partial charge in [0, 0.05) is 0 Å². The molecule has 0 aromatic carbocycles. The van der Waals surface area contributed by atoms with E-state index in [-0.39, 0.29) is 0 Å². The highest BCUT2D eigenvalue weighted by Gasteiger charge is 2.49. The van der Waals surface area contributed by atoms with Gasteiger partial charge in [-0.25, -0.2) is 0 Å². The predicted molar refractivity (Wildman–Crippen MR) is 34.5 cm³/mol. The molecule has 0 N–H and O–H groups in total. The molecule has 2 aliphatic rings. The summed E-state index contributed by atoms with van der Waals surface area (Å²) in [6, 6.07) is 0. The standard InChI is InChI=1S/C8H14/c1-5-3-7(5)8-4-6(8)2/h5-8H,3-4H2,1-2H3. The SMILES string of the molecule is CC1CC1C1CC1C. The lowest BCUT2D eigenvalue weighted by atomic mass is 10.2. The third-order valence-corrected chi connectivity index (χ3v) is 2.89. The van der Waals surface area contributed by atoms with Gasteiger partial charge in [0.25, 0.3) is 0 Å². The number of rotatable bonds is 1. The van der Waals surface area contributed by atoms with Crippen molar-refractivity contribution in [3.05, 3.63) is 0 Å². The molecule has 2 rings (SSSR count). The van der Waals surface area contributed by atoms with Crippen LogP contribution in [0.25, 0.3) is 0 Å². The Labute approximate surface area is 51.3 Å². The number of hydrogen-bond acceptors (Lipinski definition) is 0. The topological polar surface area (TPSA) is 0 Å². The monoisotopic (exact) mass is 110 g/mol. The van der Waals surface area contributed by atoms with E-state index in [1.54, 1.807) is 0 Å². The van der Waals surface area contributed by atoms with E-state index in [0.29, 0.717) is 0 Å². The molecule has 0 amide bonds. The van der Waals surface area contributed by atoms with E-state index < -0.39 is 0 Å².